The zero-order valence-corrected chi connectivity index (χ0v) is 12.2. The Morgan fingerprint density at radius 1 is 1.58 bits per heavy atom. The van der Waals surface area contributed by atoms with Crippen LogP contribution >= 0.6 is 11.3 Å². The van der Waals surface area contributed by atoms with Crippen LogP contribution in [0.15, 0.2) is 22.5 Å². The van der Waals surface area contributed by atoms with E-state index in [9.17, 15) is 4.79 Å². The smallest absolute Gasteiger partial charge is 0.307 e. The predicted octanol–water partition coefficient (Wildman–Crippen LogP) is 1.54. The minimum absolute atomic E-state index is 0.0793. The molecule has 0 unspecified atom stereocenters. The number of thiophene rings is 1. The molecule has 0 aliphatic heterocycles. The summed E-state index contributed by atoms with van der Waals surface area (Å²) < 4.78 is 5.00. The topological polar surface area (TPSA) is 76.7 Å². The first-order valence-electron chi connectivity index (χ1n) is 6.33. The molecule has 0 fully saturated rings. The highest BCUT2D eigenvalue weighted by atomic mass is 32.1. The average Bonchev–Trinajstić information content (AvgIpc) is 2.81. The molecule has 1 rings (SSSR count). The van der Waals surface area contributed by atoms with E-state index in [1.54, 1.807) is 11.3 Å². The van der Waals surface area contributed by atoms with Crippen LogP contribution in [0.5, 0.6) is 0 Å². The van der Waals surface area contributed by atoms with Gasteiger partial charge in [0.05, 0.1) is 12.5 Å². The van der Waals surface area contributed by atoms with Gasteiger partial charge in [0.1, 0.15) is 0 Å². The Kier molecular flexibility index (Phi) is 6.95. The standard InChI is InChI=1S/C13H21N3O2S/c1-10(2)18-12(17)6-8-16-13(14)15-7-5-11-4-3-9-19-11/h3-4,9-10H,5-8H2,1-2H3,(H3,14,15,16). The number of rotatable bonds is 7. The lowest BCUT2D eigenvalue weighted by atomic mass is 10.3. The van der Waals surface area contributed by atoms with Crippen molar-refractivity contribution in [3.63, 3.8) is 0 Å². The Morgan fingerprint density at radius 2 is 2.37 bits per heavy atom. The first kappa shape index (κ1) is 15.5. The van der Waals surface area contributed by atoms with Crippen molar-refractivity contribution < 1.29 is 9.53 Å². The van der Waals surface area contributed by atoms with Crippen LogP contribution in [-0.2, 0) is 16.0 Å². The zero-order valence-electron chi connectivity index (χ0n) is 11.4. The fourth-order valence-corrected chi connectivity index (χ4v) is 2.11. The number of esters is 1. The van der Waals surface area contributed by atoms with Crippen molar-refractivity contribution >= 4 is 23.3 Å². The van der Waals surface area contributed by atoms with Crippen LogP contribution < -0.4 is 11.1 Å². The second-order valence-corrected chi connectivity index (χ2v) is 5.34. The molecule has 106 valence electrons. The number of carbonyl (C=O) groups excluding carboxylic acids is 1. The summed E-state index contributed by atoms with van der Waals surface area (Å²) in [5, 5.41) is 4.94. The van der Waals surface area contributed by atoms with Gasteiger partial charge in [0.2, 0.25) is 0 Å². The average molecular weight is 283 g/mol. The monoisotopic (exact) mass is 283 g/mol. The van der Waals surface area contributed by atoms with Crippen LogP contribution in [0.3, 0.4) is 0 Å². The molecule has 0 spiro atoms. The molecule has 1 aromatic rings. The molecule has 19 heavy (non-hydrogen) atoms. The number of nitrogens with two attached hydrogens (primary N) is 1. The molecule has 6 heteroatoms. The summed E-state index contributed by atoms with van der Waals surface area (Å²) in [6.07, 6.45) is 1.10. The van der Waals surface area contributed by atoms with Crippen molar-refractivity contribution in [1.82, 2.24) is 5.32 Å². The van der Waals surface area contributed by atoms with Gasteiger partial charge in [-0.3, -0.25) is 9.79 Å². The highest BCUT2D eigenvalue weighted by Crippen LogP contribution is 2.08. The van der Waals surface area contributed by atoms with Gasteiger partial charge in [-0.15, -0.1) is 11.3 Å². The van der Waals surface area contributed by atoms with Crippen molar-refractivity contribution in [2.45, 2.75) is 32.8 Å². The Morgan fingerprint density at radius 3 is 3.00 bits per heavy atom. The largest absolute Gasteiger partial charge is 0.463 e. The molecule has 0 aromatic carbocycles. The van der Waals surface area contributed by atoms with E-state index < -0.39 is 0 Å². The van der Waals surface area contributed by atoms with Gasteiger partial charge in [-0.2, -0.15) is 0 Å². The first-order chi connectivity index (χ1) is 9.08. The lowest BCUT2D eigenvalue weighted by Gasteiger charge is -2.08. The first-order valence-corrected chi connectivity index (χ1v) is 7.21. The van der Waals surface area contributed by atoms with E-state index >= 15 is 0 Å². The molecule has 0 saturated heterocycles. The van der Waals surface area contributed by atoms with Gasteiger partial charge in [0.25, 0.3) is 0 Å². The number of aliphatic imine (C=N–C) groups is 1. The number of ether oxygens (including phenoxy) is 1. The highest BCUT2D eigenvalue weighted by molar-refractivity contribution is 7.09. The fraction of sp³-hybridized carbons (Fsp3) is 0.538. The summed E-state index contributed by atoms with van der Waals surface area (Å²) in [5.41, 5.74) is 5.69. The van der Waals surface area contributed by atoms with Crippen LogP contribution in [0.2, 0.25) is 0 Å². The Balaban J connectivity index is 2.13. The third-order valence-electron chi connectivity index (χ3n) is 2.22. The van der Waals surface area contributed by atoms with Gasteiger partial charge >= 0.3 is 5.97 Å². The third-order valence-corrected chi connectivity index (χ3v) is 3.16. The van der Waals surface area contributed by atoms with Gasteiger partial charge in [-0.05, 0) is 25.3 Å². The summed E-state index contributed by atoms with van der Waals surface area (Å²) in [5.74, 6) is 0.141. The minimum atomic E-state index is -0.228. The summed E-state index contributed by atoms with van der Waals surface area (Å²) in [6, 6.07) is 4.09. The highest BCUT2D eigenvalue weighted by Gasteiger charge is 2.04. The lowest BCUT2D eigenvalue weighted by Crippen LogP contribution is -2.34. The van der Waals surface area contributed by atoms with E-state index in [2.05, 4.69) is 16.4 Å². The third kappa shape index (κ3) is 7.46. The molecule has 0 aliphatic carbocycles. The minimum Gasteiger partial charge on any atom is -0.463 e. The number of nitrogens with zero attached hydrogens (tertiary/aromatic N) is 1. The molecular formula is C13H21N3O2S. The van der Waals surface area contributed by atoms with E-state index in [-0.39, 0.29) is 12.1 Å². The van der Waals surface area contributed by atoms with Gasteiger partial charge in [0, 0.05) is 24.4 Å². The molecule has 0 bridgehead atoms. The van der Waals surface area contributed by atoms with Gasteiger partial charge in [-0.1, -0.05) is 6.07 Å². The van der Waals surface area contributed by atoms with E-state index in [4.69, 9.17) is 10.5 Å². The van der Waals surface area contributed by atoms with Crippen LogP contribution in [0.25, 0.3) is 0 Å². The molecule has 0 amide bonds. The van der Waals surface area contributed by atoms with Crippen molar-refractivity contribution in [1.29, 1.82) is 0 Å². The van der Waals surface area contributed by atoms with E-state index in [0.29, 0.717) is 25.5 Å². The Bertz CT molecular complexity index is 402. The molecular weight excluding hydrogens is 262 g/mol. The van der Waals surface area contributed by atoms with Gasteiger partial charge < -0.3 is 15.8 Å². The summed E-state index contributed by atoms with van der Waals surface area (Å²) in [6.45, 7) is 4.74. The Labute approximate surface area is 117 Å². The molecule has 1 heterocycles. The number of hydrogen-bond donors (Lipinski definition) is 2. The van der Waals surface area contributed by atoms with Gasteiger partial charge in [0.15, 0.2) is 5.96 Å². The van der Waals surface area contributed by atoms with E-state index in [1.165, 1.54) is 4.88 Å². The molecule has 0 radical (unpaired) electrons. The van der Waals surface area contributed by atoms with Crippen LogP contribution in [0.1, 0.15) is 25.1 Å². The van der Waals surface area contributed by atoms with E-state index in [0.717, 1.165) is 6.42 Å². The summed E-state index contributed by atoms with van der Waals surface area (Å²) >= 11 is 1.71. The summed E-state index contributed by atoms with van der Waals surface area (Å²) in [7, 11) is 0. The number of nitrogens with one attached hydrogen (secondary N) is 1. The quantitative estimate of drug-likeness (QED) is 0.452. The maximum Gasteiger partial charge on any atom is 0.307 e. The zero-order chi connectivity index (χ0) is 14.1. The maximum atomic E-state index is 11.3. The number of guanidine groups is 1. The van der Waals surface area contributed by atoms with Crippen LogP contribution in [0, 0.1) is 0 Å². The molecule has 1 aromatic heterocycles. The molecule has 3 N–H and O–H groups in total. The maximum absolute atomic E-state index is 11.3. The Hall–Kier alpha value is -1.56. The number of carbonyl (C=O) groups is 1. The van der Waals surface area contributed by atoms with Crippen LogP contribution in [-0.4, -0.2) is 31.1 Å². The number of hydrogen-bond acceptors (Lipinski definition) is 4. The summed E-state index contributed by atoms with van der Waals surface area (Å²) in [4.78, 5) is 16.7. The SMILES string of the molecule is CC(C)OC(=O)CCNC(N)=NCCc1cccs1. The van der Waals surface area contributed by atoms with E-state index in [1.807, 2.05) is 25.3 Å². The second kappa shape index (κ2) is 8.53. The van der Waals surface area contributed by atoms with Crippen molar-refractivity contribution in [3.05, 3.63) is 22.4 Å². The molecule has 0 aliphatic rings. The molecule has 0 saturated carbocycles. The second-order valence-electron chi connectivity index (χ2n) is 4.31. The normalized spacial score (nSPS) is 11.6. The fourth-order valence-electron chi connectivity index (χ4n) is 1.41. The molecule has 0 atom stereocenters. The lowest BCUT2D eigenvalue weighted by molar-refractivity contribution is -0.147. The van der Waals surface area contributed by atoms with Crippen molar-refractivity contribution in [2.24, 2.45) is 10.7 Å². The van der Waals surface area contributed by atoms with Crippen molar-refractivity contribution in [3.8, 4) is 0 Å². The van der Waals surface area contributed by atoms with Crippen LogP contribution in [0.4, 0.5) is 0 Å². The van der Waals surface area contributed by atoms with Crippen molar-refractivity contribution in [2.75, 3.05) is 13.1 Å². The molecule has 5 nitrogen and oxygen atoms in total. The van der Waals surface area contributed by atoms with Gasteiger partial charge in [-0.25, -0.2) is 0 Å². The predicted molar refractivity (Wildman–Crippen MR) is 78.4 cm³/mol.